The lowest BCUT2D eigenvalue weighted by Crippen LogP contribution is -2.11. The maximum atomic E-state index is 12.1. The molecule has 0 aliphatic rings. The third-order valence-electron chi connectivity index (χ3n) is 2.85. The van der Waals surface area contributed by atoms with Crippen LogP contribution in [0.25, 0.3) is 0 Å². The van der Waals surface area contributed by atoms with Crippen molar-refractivity contribution in [1.82, 2.24) is 0 Å². The third-order valence-corrected chi connectivity index (χ3v) is 3.09. The number of amides is 1. The van der Waals surface area contributed by atoms with Crippen LogP contribution in [0.5, 0.6) is 0 Å². The van der Waals surface area contributed by atoms with Gasteiger partial charge in [-0.1, -0.05) is 17.7 Å². The van der Waals surface area contributed by atoms with Crippen LogP contribution in [0.1, 0.15) is 10.4 Å². The number of allylic oxidation sites excluding steroid dienone is 1. The third kappa shape index (κ3) is 4.60. The predicted molar refractivity (Wildman–Crippen MR) is 88.8 cm³/mol. The molecule has 0 atom stereocenters. The Balaban J connectivity index is 2.03. The van der Waals surface area contributed by atoms with E-state index in [1.807, 2.05) is 0 Å². The number of carbonyl (C=O) groups excluding carboxylic acids is 1. The van der Waals surface area contributed by atoms with Gasteiger partial charge in [0.2, 0.25) is 0 Å². The smallest absolute Gasteiger partial charge is 0.255 e. The molecular weight excluding hydrogens is 312 g/mol. The van der Waals surface area contributed by atoms with E-state index in [0.29, 0.717) is 22.0 Å². The van der Waals surface area contributed by atoms with E-state index in [4.69, 9.17) is 22.1 Å². The van der Waals surface area contributed by atoms with E-state index in [1.54, 1.807) is 60.7 Å². The molecule has 5 nitrogen and oxygen atoms in total. The van der Waals surface area contributed by atoms with Crippen molar-refractivity contribution in [2.75, 3.05) is 10.6 Å². The van der Waals surface area contributed by atoms with Gasteiger partial charge in [0.15, 0.2) is 0 Å². The predicted octanol–water partition coefficient (Wildman–Crippen LogP) is 3.94. The fraction of sp³-hybridized carbons (Fsp3) is 0. The van der Waals surface area contributed by atoms with E-state index in [9.17, 15) is 4.79 Å². The molecule has 112 valence electrons. The quantitative estimate of drug-likeness (QED) is 0.834. The van der Waals surface area contributed by atoms with E-state index < -0.39 is 0 Å². The molecule has 0 aliphatic carbocycles. The van der Waals surface area contributed by atoms with E-state index in [-0.39, 0.29) is 11.5 Å². The van der Waals surface area contributed by atoms with Gasteiger partial charge in [-0.15, -0.1) is 0 Å². The number of nitrogens with zero attached hydrogens (tertiary/aromatic N) is 2. The largest absolute Gasteiger partial charge is 0.360 e. The average molecular weight is 323 g/mol. The van der Waals surface area contributed by atoms with Gasteiger partial charge in [-0.05, 0) is 42.5 Å². The minimum Gasteiger partial charge on any atom is -0.360 e. The van der Waals surface area contributed by atoms with Crippen LogP contribution >= 0.6 is 11.6 Å². The van der Waals surface area contributed by atoms with Crippen molar-refractivity contribution in [3.8, 4) is 12.1 Å². The van der Waals surface area contributed by atoms with E-state index in [2.05, 4.69) is 10.6 Å². The summed E-state index contributed by atoms with van der Waals surface area (Å²) in [5.41, 5.74) is 1.75. The van der Waals surface area contributed by atoms with Crippen LogP contribution in [-0.4, -0.2) is 5.91 Å². The molecule has 23 heavy (non-hydrogen) atoms. The molecule has 2 aromatic rings. The Morgan fingerprint density at radius 2 is 1.70 bits per heavy atom. The van der Waals surface area contributed by atoms with Crippen molar-refractivity contribution in [2.24, 2.45) is 0 Å². The molecule has 0 saturated heterocycles. The minimum atomic E-state index is -0.260. The second kappa shape index (κ2) is 7.65. The molecule has 0 aliphatic heterocycles. The molecule has 0 saturated carbocycles. The van der Waals surface area contributed by atoms with Gasteiger partial charge >= 0.3 is 0 Å². The molecule has 0 spiro atoms. The van der Waals surface area contributed by atoms with Crippen molar-refractivity contribution in [2.45, 2.75) is 0 Å². The van der Waals surface area contributed by atoms with Gasteiger partial charge in [-0.2, -0.15) is 10.5 Å². The minimum absolute atomic E-state index is 0.0247. The summed E-state index contributed by atoms with van der Waals surface area (Å²) in [6, 6.07) is 17.0. The molecule has 0 aromatic heterocycles. The number of rotatable bonds is 4. The maximum Gasteiger partial charge on any atom is 0.255 e. The van der Waals surface area contributed by atoms with Gasteiger partial charge in [0, 0.05) is 28.2 Å². The molecule has 0 unspecified atom stereocenters. The normalized spacial score (nSPS) is 9.17. The Bertz CT molecular complexity index is 813. The lowest BCUT2D eigenvalue weighted by atomic mass is 10.2. The average Bonchev–Trinajstić information content (AvgIpc) is 2.57. The summed E-state index contributed by atoms with van der Waals surface area (Å²) < 4.78 is 0. The number of anilines is 2. The van der Waals surface area contributed by atoms with Gasteiger partial charge in [-0.3, -0.25) is 4.79 Å². The topological polar surface area (TPSA) is 88.7 Å². The van der Waals surface area contributed by atoms with Crippen LogP contribution in [0.15, 0.2) is 60.3 Å². The summed E-state index contributed by atoms with van der Waals surface area (Å²) in [5.74, 6) is -0.260. The van der Waals surface area contributed by atoms with Crippen LogP contribution in [-0.2, 0) is 0 Å². The van der Waals surface area contributed by atoms with Gasteiger partial charge in [0.05, 0.1) is 0 Å². The van der Waals surface area contributed by atoms with Crippen LogP contribution in [0.4, 0.5) is 11.4 Å². The van der Waals surface area contributed by atoms with Crippen molar-refractivity contribution in [3.05, 3.63) is 70.9 Å². The number of nitrogens with one attached hydrogen (secondary N) is 2. The van der Waals surface area contributed by atoms with E-state index >= 15 is 0 Å². The number of carbonyl (C=O) groups is 1. The van der Waals surface area contributed by atoms with Crippen LogP contribution in [0.2, 0.25) is 5.02 Å². The number of halogens is 1. The van der Waals surface area contributed by atoms with Crippen LogP contribution in [0, 0.1) is 22.7 Å². The summed E-state index contributed by atoms with van der Waals surface area (Å²) in [5, 5.41) is 23.4. The SMILES string of the molecule is N#CC(C#N)=CNc1ccc(NC(=O)c2cccc(Cl)c2)cc1. The van der Waals surface area contributed by atoms with E-state index in [1.165, 1.54) is 6.20 Å². The lowest BCUT2D eigenvalue weighted by Gasteiger charge is -2.07. The Labute approximate surface area is 138 Å². The molecule has 0 heterocycles. The first-order valence-electron chi connectivity index (χ1n) is 6.56. The Morgan fingerprint density at radius 3 is 2.30 bits per heavy atom. The van der Waals surface area contributed by atoms with Crippen molar-refractivity contribution in [1.29, 1.82) is 10.5 Å². The van der Waals surface area contributed by atoms with Gasteiger partial charge in [0.1, 0.15) is 17.7 Å². The Hall–Kier alpha value is -3.28. The molecule has 6 heteroatoms. The summed E-state index contributed by atoms with van der Waals surface area (Å²) >= 11 is 5.86. The summed E-state index contributed by atoms with van der Waals surface area (Å²) in [6.07, 6.45) is 1.32. The maximum absolute atomic E-state index is 12.1. The first-order chi connectivity index (χ1) is 11.1. The fourth-order valence-electron chi connectivity index (χ4n) is 1.73. The number of benzene rings is 2. The highest BCUT2D eigenvalue weighted by molar-refractivity contribution is 6.31. The second-order valence-electron chi connectivity index (χ2n) is 4.47. The highest BCUT2D eigenvalue weighted by Crippen LogP contribution is 2.16. The lowest BCUT2D eigenvalue weighted by molar-refractivity contribution is 0.102. The molecule has 2 aromatic carbocycles. The molecule has 2 N–H and O–H groups in total. The number of nitriles is 2. The second-order valence-corrected chi connectivity index (χ2v) is 4.90. The van der Waals surface area contributed by atoms with Crippen LogP contribution in [0.3, 0.4) is 0 Å². The zero-order valence-corrected chi connectivity index (χ0v) is 12.6. The molecule has 2 rings (SSSR count). The van der Waals surface area contributed by atoms with Crippen molar-refractivity contribution >= 4 is 28.9 Å². The van der Waals surface area contributed by atoms with Gasteiger partial charge in [0.25, 0.3) is 5.91 Å². The summed E-state index contributed by atoms with van der Waals surface area (Å²) in [7, 11) is 0. The number of hydrogen-bond donors (Lipinski definition) is 2. The first-order valence-corrected chi connectivity index (χ1v) is 6.94. The molecule has 0 fully saturated rings. The van der Waals surface area contributed by atoms with Crippen molar-refractivity contribution < 1.29 is 4.79 Å². The monoisotopic (exact) mass is 322 g/mol. The van der Waals surface area contributed by atoms with Crippen LogP contribution < -0.4 is 10.6 Å². The van der Waals surface area contributed by atoms with Crippen molar-refractivity contribution in [3.63, 3.8) is 0 Å². The first kappa shape index (κ1) is 16.1. The molecule has 0 radical (unpaired) electrons. The highest BCUT2D eigenvalue weighted by Gasteiger charge is 2.06. The zero-order chi connectivity index (χ0) is 16.7. The number of hydrogen-bond acceptors (Lipinski definition) is 4. The standard InChI is InChI=1S/C17H11ClN4O/c18-14-3-1-2-13(8-14)17(23)22-16-6-4-15(5-7-16)21-11-12(9-19)10-20/h1-8,11,21H,(H,22,23). The van der Waals surface area contributed by atoms with Gasteiger partial charge < -0.3 is 10.6 Å². The zero-order valence-electron chi connectivity index (χ0n) is 11.9. The fourth-order valence-corrected chi connectivity index (χ4v) is 1.92. The molecule has 1 amide bonds. The summed E-state index contributed by atoms with van der Waals surface area (Å²) in [6.45, 7) is 0. The Kier molecular flexibility index (Phi) is 5.35. The molecule has 0 bridgehead atoms. The molecular formula is C17H11ClN4O. The summed E-state index contributed by atoms with van der Waals surface area (Å²) in [4.78, 5) is 12.1. The van der Waals surface area contributed by atoms with E-state index in [0.717, 1.165) is 0 Å². The van der Waals surface area contributed by atoms with Gasteiger partial charge in [-0.25, -0.2) is 0 Å². The Morgan fingerprint density at radius 1 is 1.04 bits per heavy atom. The highest BCUT2D eigenvalue weighted by atomic mass is 35.5.